The van der Waals surface area contributed by atoms with Gasteiger partial charge in [0.25, 0.3) is 0 Å². The van der Waals surface area contributed by atoms with Crippen LogP contribution in [0.3, 0.4) is 0 Å². The van der Waals surface area contributed by atoms with Crippen LogP contribution in [0.1, 0.15) is 26.7 Å². The second-order valence-corrected chi connectivity index (χ2v) is 5.22. The number of thiazole rings is 1. The number of anilines is 2. The quantitative estimate of drug-likeness (QED) is 0.825. The number of hydrogen-bond donors (Lipinski definition) is 1. The predicted molar refractivity (Wildman–Crippen MR) is 76.8 cm³/mol. The van der Waals surface area contributed by atoms with Crippen LogP contribution in [0, 0.1) is 0 Å². The average Bonchev–Trinajstić information content (AvgIpc) is 2.71. The van der Waals surface area contributed by atoms with E-state index in [0.29, 0.717) is 0 Å². The molecule has 0 aliphatic heterocycles. The Morgan fingerprint density at radius 3 is 2.59 bits per heavy atom. The molecule has 17 heavy (non-hydrogen) atoms. The van der Waals surface area contributed by atoms with Gasteiger partial charge in [0.05, 0.1) is 10.2 Å². The topological polar surface area (TPSA) is 42.2 Å². The van der Waals surface area contributed by atoms with Crippen molar-refractivity contribution in [2.24, 2.45) is 0 Å². The van der Waals surface area contributed by atoms with E-state index in [0.717, 1.165) is 42.3 Å². The van der Waals surface area contributed by atoms with Gasteiger partial charge in [-0.05, 0) is 31.0 Å². The zero-order chi connectivity index (χ0) is 12.3. The molecule has 1 heterocycles. The van der Waals surface area contributed by atoms with Crippen LogP contribution < -0.4 is 10.6 Å². The van der Waals surface area contributed by atoms with Crippen LogP contribution >= 0.6 is 11.3 Å². The number of nitrogens with two attached hydrogens (primary N) is 1. The largest absolute Gasteiger partial charge is 0.399 e. The molecular weight excluding hydrogens is 230 g/mol. The van der Waals surface area contributed by atoms with Gasteiger partial charge in [-0.1, -0.05) is 25.2 Å². The van der Waals surface area contributed by atoms with Crippen LogP contribution in [-0.2, 0) is 0 Å². The zero-order valence-electron chi connectivity index (χ0n) is 10.4. The third kappa shape index (κ3) is 2.69. The smallest absolute Gasteiger partial charge is 0.186 e. The first-order valence-electron chi connectivity index (χ1n) is 6.15. The number of fused-ring (bicyclic) bond motifs is 1. The van der Waals surface area contributed by atoms with Crippen LogP contribution in [0.4, 0.5) is 10.8 Å². The Morgan fingerprint density at radius 1 is 1.24 bits per heavy atom. The van der Waals surface area contributed by atoms with Crippen LogP contribution in [-0.4, -0.2) is 18.1 Å². The van der Waals surface area contributed by atoms with Gasteiger partial charge in [0.2, 0.25) is 0 Å². The Morgan fingerprint density at radius 2 is 1.94 bits per heavy atom. The van der Waals surface area contributed by atoms with Gasteiger partial charge in [0, 0.05) is 18.8 Å². The highest BCUT2D eigenvalue weighted by Crippen LogP contribution is 2.30. The molecule has 0 amide bonds. The van der Waals surface area contributed by atoms with Crippen molar-refractivity contribution in [1.29, 1.82) is 0 Å². The van der Waals surface area contributed by atoms with Crippen LogP contribution in [0.15, 0.2) is 18.2 Å². The summed E-state index contributed by atoms with van der Waals surface area (Å²) >= 11 is 1.73. The van der Waals surface area contributed by atoms with Gasteiger partial charge in [0.1, 0.15) is 0 Å². The molecule has 0 radical (unpaired) electrons. The molecule has 1 aromatic carbocycles. The molecule has 3 nitrogen and oxygen atoms in total. The van der Waals surface area contributed by atoms with Crippen molar-refractivity contribution in [1.82, 2.24) is 4.98 Å². The van der Waals surface area contributed by atoms with Crippen molar-refractivity contribution >= 4 is 32.4 Å². The molecule has 92 valence electrons. The summed E-state index contributed by atoms with van der Waals surface area (Å²) in [5, 5.41) is 1.12. The first-order valence-corrected chi connectivity index (χ1v) is 6.97. The van der Waals surface area contributed by atoms with E-state index in [1.54, 1.807) is 11.3 Å². The third-order valence-electron chi connectivity index (χ3n) is 2.66. The Balaban J connectivity index is 2.33. The third-order valence-corrected chi connectivity index (χ3v) is 3.74. The summed E-state index contributed by atoms with van der Waals surface area (Å²) in [4.78, 5) is 7.04. The standard InChI is InChI=1S/C13H19N3S/c1-3-7-16(8-4-2)13-15-11-6-5-10(14)9-12(11)17-13/h5-6,9H,3-4,7-8,14H2,1-2H3. The summed E-state index contributed by atoms with van der Waals surface area (Å²) in [5.41, 5.74) is 7.65. The summed E-state index contributed by atoms with van der Waals surface area (Å²) in [6.07, 6.45) is 2.30. The van der Waals surface area contributed by atoms with Crippen LogP contribution in [0.5, 0.6) is 0 Å². The number of nitrogens with zero attached hydrogens (tertiary/aromatic N) is 2. The SMILES string of the molecule is CCCN(CCC)c1nc2ccc(N)cc2s1. The summed E-state index contributed by atoms with van der Waals surface area (Å²) < 4.78 is 1.18. The van der Waals surface area contributed by atoms with E-state index in [2.05, 4.69) is 23.7 Å². The summed E-state index contributed by atoms with van der Waals surface area (Å²) in [7, 11) is 0. The Labute approximate surface area is 106 Å². The van der Waals surface area contributed by atoms with Gasteiger partial charge >= 0.3 is 0 Å². The molecular formula is C13H19N3S. The molecule has 0 saturated carbocycles. The average molecular weight is 249 g/mol. The fraction of sp³-hybridized carbons (Fsp3) is 0.462. The van der Waals surface area contributed by atoms with E-state index in [1.165, 1.54) is 4.70 Å². The summed E-state index contributed by atoms with van der Waals surface area (Å²) in [6.45, 7) is 6.55. The molecule has 1 aromatic heterocycles. The van der Waals surface area contributed by atoms with Crippen LogP contribution in [0.25, 0.3) is 10.2 Å². The fourth-order valence-corrected chi connectivity index (χ4v) is 2.97. The predicted octanol–water partition coefficient (Wildman–Crippen LogP) is 3.50. The van der Waals surface area contributed by atoms with Crippen molar-refractivity contribution in [3.05, 3.63) is 18.2 Å². The minimum Gasteiger partial charge on any atom is -0.399 e. The van der Waals surface area contributed by atoms with E-state index in [4.69, 9.17) is 5.73 Å². The van der Waals surface area contributed by atoms with E-state index in [1.807, 2.05) is 18.2 Å². The molecule has 2 rings (SSSR count). The van der Waals surface area contributed by atoms with Gasteiger partial charge < -0.3 is 10.6 Å². The molecule has 0 bridgehead atoms. The summed E-state index contributed by atoms with van der Waals surface area (Å²) in [5.74, 6) is 0. The number of rotatable bonds is 5. The van der Waals surface area contributed by atoms with Gasteiger partial charge in [0.15, 0.2) is 5.13 Å². The van der Waals surface area contributed by atoms with E-state index in [-0.39, 0.29) is 0 Å². The molecule has 0 aliphatic rings. The lowest BCUT2D eigenvalue weighted by Gasteiger charge is -2.19. The lowest BCUT2D eigenvalue weighted by atomic mass is 10.3. The first-order chi connectivity index (χ1) is 8.24. The van der Waals surface area contributed by atoms with E-state index in [9.17, 15) is 0 Å². The van der Waals surface area contributed by atoms with Crippen molar-refractivity contribution in [2.45, 2.75) is 26.7 Å². The van der Waals surface area contributed by atoms with Crippen LogP contribution in [0.2, 0.25) is 0 Å². The molecule has 0 saturated heterocycles. The maximum absolute atomic E-state index is 5.79. The monoisotopic (exact) mass is 249 g/mol. The lowest BCUT2D eigenvalue weighted by molar-refractivity contribution is 0.743. The molecule has 0 aliphatic carbocycles. The normalized spacial score (nSPS) is 10.9. The second kappa shape index (κ2) is 5.36. The van der Waals surface area contributed by atoms with E-state index >= 15 is 0 Å². The molecule has 0 atom stereocenters. The fourth-order valence-electron chi connectivity index (χ4n) is 1.91. The van der Waals surface area contributed by atoms with Crippen molar-refractivity contribution in [2.75, 3.05) is 23.7 Å². The maximum atomic E-state index is 5.79. The van der Waals surface area contributed by atoms with Gasteiger partial charge in [-0.3, -0.25) is 0 Å². The summed E-state index contributed by atoms with van der Waals surface area (Å²) in [6, 6.07) is 5.92. The minimum absolute atomic E-state index is 0.810. The molecule has 0 unspecified atom stereocenters. The van der Waals surface area contributed by atoms with Crippen molar-refractivity contribution in [3.8, 4) is 0 Å². The molecule has 4 heteroatoms. The zero-order valence-corrected chi connectivity index (χ0v) is 11.3. The maximum Gasteiger partial charge on any atom is 0.186 e. The van der Waals surface area contributed by atoms with Crippen molar-refractivity contribution in [3.63, 3.8) is 0 Å². The number of nitrogen functional groups attached to an aromatic ring is 1. The Bertz CT molecular complexity index is 486. The number of hydrogen-bond acceptors (Lipinski definition) is 4. The highest BCUT2D eigenvalue weighted by molar-refractivity contribution is 7.22. The highest BCUT2D eigenvalue weighted by Gasteiger charge is 2.10. The molecule has 2 N–H and O–H groups in total. The molecule has 0 fully saturated rings. The minimum atomic E-state index is 0.810. The number of aromatic nitrogens is 1. The van der Waals surface area contributed by atoms with E-state index < -0.39 is 0 Å². The Hall–Kier alpha value is -1.29. The number of benzene rings is 1. The van der Waals surface area contributed by atoms with Gasteiger partial charge in [-0.2, -0.15) is 0 Å². The highest BCUT2D eigenvalue weighted by atomic mass is 32.1. The lowest BCUT2D eigenvalue weighted by Crippen LogP contribution is -2.24. The molecule has 2 aromatic rings. The van der Waals surface area contributed by atoms with Crippen molar-refractivity contribution < 1.29 is 0 Å². The van der Waals surface area contributed by atoms with Gasteiger partial charge in [-0.25, -0.2) is 4.98 Å². The second-order valence-electron chi connectivity index (χ2n) is 4.21. The Kier molecular flexibility index (Phi) is 3.84. The van der Waals surface area contributed by atoms with Gasteiger partial charge in [-0.15, -0.1) is 0 Å². The molecule has 0 spiro atoms. The first kappa shape index (κ1) is 12.2.